The maximum absolute atomic E-state index is 14.1. The van der Waals surface area contributed by atoms with E-state index in [4.69, 9.17) is 4.74 Å². The van der Waals surface area contributed by atoms with Crippen molar-refractivity contribution in [2.24, 2.45) is 0 Å². The van der Waals surface area contributed by atoms with E-state index >= 15 is 0 Å². The van der Waals surface area contributed by atoms with E-state index in [-0.39, 0.29) is 51.6 Å². The maximum Gasteiger partial charge on any atom is 0.341 e. The second kappa shape index (κ2) is 17.2. The van der Waals surface area contributed by atoms with E-state index in [9.17, 15) is 33.1 Å². The maximum atomic E-state index is 14.1. The Hall–Kier alpha value is -3.80. The Bertz CT molecular complexity index is 1840. The molecule has 2 aromatic carbocycles. The van der Waals surface area contributed by atoms with Crippen LogP contribution in [0.25, 0.3) is 0 Å². The molecule has 2 aromatic heterocycles. The number of pyridine rings is 2. The molecule has 0 bridgehead atoms. The zero-order chi connectivity index (χ0) is 34.0. The molecule has 0 atom stereocenters. The van der Waals surface area contributed by atoms with Crippen LogP contribution in [0.15, 0.2) is 70.5 Å². The summed E-state index contributed by atoms with van der Waals surface area (Å²) in [6.07, 6.45) is 4.19. The molecule has 0 aliphatic rings. The number of ether oxygens (including phenoxy) is 1. The first kappa shape index (κ1) is 36.7. The zero-order valence-electron chi connectivity index (χ0n) is 25.2. The van der Waals surface area contributed by atoms with Gasteiger partial charge in [-0.1, -0.05) is 13.8 Å². The number of aromatic nitrogens is 2. The molecule has 0 radical (unpaired) electrons. The van der Waals surface area contributed by atoms with Crippen molar-refractivity contribution in [3.05, 3.63) is 112 Å². The summed E-state index contributed by atoms with van der Waals surface area (Å²) in [6.45, 7) is 6.65. The number of halogens is 4. The molecular formula is C32H32F2I2N4O6. The van der Waals surface area contributed by atoms with E-state index in [1.54, 1.807) is 25.1 Å². The van der Waals surface area contributed by atoms with E-state index < -0.39 is 23.6 Å². The van der Waals surface area contributed by atoms with Gasteiger partial charge in [0.1, 0.15) is 11.6 Å². The van der Waals surface area contributed by atoms with Crippen molar-refractivity contribution in [2.45, 2.75) is 46.7 Å². The third-order valence-corrected chi connectivity index (χ3v) is 7.65. The number of esters is 1. The van der Waals surface area contributed by atoms with Crippen LogP contribution in [0.4, 0.5) is 31.5 Å². The van der Waals surface area contributed by atoms with Crippen molar-refractivity contribution in [1.29, 1.82) is 0 Å². The molecule has 3 N–H and O–H groups in total. The second-order valence-corrected chi connectivity index (χ2v) is 12.3. The molecule has 0 unspecified atom stereocenters. The zero-order valence-corrected chi connectivity index (χ0v) is 29.5. The van der Waals surface area contributed by atoms with E-state index in [0.29, 0.717) is 19.5 Å². The summed E-state index contributed by atoms with van der Waals surface area (Å²) in [5.74, 6) is -2.72. The van der Waals surface area contributed by atoms with Crippen LogP contribution in [0, 0.1) is 18.8 Å². The average Bonchev–Trinajstić information content (AvgIpc) is 2.99. The highest BCUT2D eigenvalue weighted by Gasteiger charge is 2.17. The van der Waals surface area contributed by atoms with Crippen molar-refractivity contribution in [1.82, 2.24) is 9.13 Å². The topological polar surface area (TPSA) is 132 Å². The van der Waals surface area contributed by atoms with Gasteiger partial charge in [0.25, 0.3) is 11.1 Å². The summed E-state index contributed by atoms with van der Waals surface area (Å²) in [5, 5.41) is 14.8. The smallest absolute Gasteiger partial charge is 0.341 e. The van der Waals surface area contributed by atoms with Crippen LogP contribution < -0.4 is 21.8 Å². The predicted octanol–water partition coefficient (Wildman–Crippen LogP) is 7.37. The third kappa shape index (κ3) is 9.85. The van der Waals surface area contributed by atoms with Gasteiger partial charge < -0.3 is 29.6 Å². The number of carbonyl (C=O) groups excluding carboxylic acids is 1. The molecule has 2 heterocycles. The fraction of sp³-hybridized carbons (Fsp3) is 0.250. The van der Waals surface area contributed by atoms with Gasteiger partial charge in [0.15, 0.2) is 0 Å². The first-order valence-electron chi connectivity index (χ1n) is 14.2. The van der Waals surface area contributed by atoms with Crippen LogP contribution in [0.2, 0.25) is 0 Å². The minimum absolute atomic E-state index is 0.0740. The molecule has 4 rings (SSSR count). The molecule has 10 nitrogen and oxygen atoms in total. The number of nitrogens with one attached hydrogen (secondary N) is 2. The number of rotatable bonds is 11. The molecule has 0 spiro atoms. The number of nitrogens with zero attached hydrogens (tertiary/aromatic N) is 2. The standard InChI is InChI=1S/C17H18FIN2O3.C15H14FIN2O3/c1-3-7-21-10-12(17(23)24-4-2)15(9-16(21)22)20-14-6-5-11(19)8-13(14)18;1-2-5-19-8-10(15(21)22)13(7-14(19)20)18-12-4-3-9(17)6-11(12)16/h5-6,8-10,20H,3-4,7H2,1-2H3;3-4,6-8,18H,2,5H2,1H3,(H,21,22). The molecule has 46 heavy (non-hydrogen) atoms. The van der Waals surface area contributed by atoms with Crippen molar-refractivity contribution in [3.63, 3.8) is 0 Å². The van der Waals surface area contributed by atoms with Crippen LogP contribution in [-0.2, 0) is 17.8 Å². The van der Waals surface area contributed by atoms with Crippen LogP contribution in [0.1, 0.15) is 54.3 Å². The van der Waals surface area contributed by atoms with Gasteiger partial charge in [-0.15, -0.1) is 0 Å². The Balaban J connectivity index is 0.000000251. The molecule has 4 aromatic rings. The van der Waals surface area contributed by atoms with Gasteiger partial charge in [0.05, 0.1) is 40.5 Å². The normalized spacial score (nSPS) is 10.5. The Morgan fingerprint density at radius 3 is 1.57 bits per heavy atom. The average molecular weight is 860 g/mol. The highest BCUT2D eigenvalue weighted by molar-refractivity contribution is 14.1. The largest absolute Gasteiger partial charge is 0.478 e. The SMILES string of the molecule is CCCn1cc(C(=O)O)c(Nc2ccc(I)cc2F)cc1=O.CCCn1cc(C(=O)OCC)c(Nc2ccc(I)cc2F)cc1=O. The van der Waals surface area contributed by atoms with Crippen LogP contribution in [0.3, 0.4) is 0 Å². The summed E-state index contributed by atoms with van der Waals surface area (Å²) in [6, 6.07) is 11.6. The Morgan fingerprint density at radius 2 is 1.17 bits per heavy atom. The molecule has 0 aliphatic carbocycles. The van der Waals surface area contributed by atoms with E-state index in [2.05, 4.69) is 10.6 Å². The minimum atomic E-state index is -1.18. The van der Waals surface area contributed by atoms with E-state index in [1.807, 2.05) is 59.0 Å². The van der Waals surface area contributed by atoms with Gasteiger partial charge in [-0.3, -0.25) is 9.59 Å². The third-order valence-electron chi connectivity index (χ3n) is 6.31. The van der Waals surface area contributed by atoms with Gasteiger partial charge in [0.2, 0.25) is 0 Å². The number of carboxylic acid groups (broad SMARTS) is 1. The minimum Gasteiger partial charge on any atom is -0.478 e. The monoisotopic (exact) mass is 860 g/mol. The summed E-state index contributed by atoms with van der Waals surface area (Å²) in [7, 11) is 0. The number of aromatic carboxylic acids is 1. The van der Waals surface area contributed by atoms with Crippen molar-refractivity contribution in [3.8, 4) is 0 Å². The second-order valence-electron chi connectivity index (χ2n) is 9.79. The van der Waals surface area contributed by atoms with E-state index in [0.717, 1.165) is 13.6 Å². The predicted molar refractivity (Wildman–Crippen MR) is 190 cm³/mol. The fourth-order valence-electron chi connectivity index (χ4n) is 4.20. The molecule has 244 valence electrons. The number of benzene rings is 2. The molecule has 0 amide bonds. The van der Waals surface area contributed by atoms with Crippen LogP contribution in [-0.4, -0.2) is 32.8 Å². The molecule has 0 saturated heterocycles. The number of carboxylic acids is 1. The lowest BCUT2D eigenvalue weighted by atomic mass is 10.2. The fourth-order valence-corrected chi connectivity index (χ4v) is 5.10. The Labute approximate surface area is 291 Å². The van der Waals surface area contributed by atoms with Crippen LogP contribution >= 0.6 is 45.2 Å². The molecule has 0 fully saturated rings. The number of hydrogen-bond donors (Lipinski definition) is 3. The van der Waals surface area contributed by atoms with Crippen LogP contribution in [0.5, 0.6) is 0 Å². The molecule has 14 heteroatoms. The van der Waals surface area contributed by atoms with Gasteiger partial charge in [-0.25, -0.2) is 18.4 Å². The Morgan fingerprint density at radius 1 is 0.739 bits per heavy atom. The van der Waals surface area contributed by atoms with Gasteiger partial charge in [-0.2, -0.15) is 0 Å². The highest BCUT2D eigenvalue weighted by atomic mass is 127. The molecule has 0 saturated carbocycles. The number of hydrogen-bond acceptors (Lipinski definition) is 7. The summed E-state index contributed by atoms with van der Waals surface area (Å²) >= 11 is 3.98. The quantitative estimate of drug-likeness (QED) is 0.105. The number of carbonyl (C=O) groups is 2. The van der Waals surface area contributed by atoms with Crippen molar-refractivity contribution >= 4 is 79.9 Å². The van der Waals surface area contributed by atoms with Gasteiger partial charge in [-0.05, 0) is 101 Å². The lowest BCUT2D eigenvalue weighted by molar-refractivity contribution is 0.0525. The molecule has 0 aliphatic heterocycles. The van der Waals surface area contributed by atoms with Gasteiger partial charge >= 0.3 is 11.9 Å². The molecular weight excluding hydrogens is 828 g/mol. The lowest BCUT2D eigenvalue weighted by Crippen LogP contribution is -2.22. The summed E-state index contributed by atoms with van der Waals surface area (Å²) in [4.78, 5) is 47.7. The van der Waals surface area contributed by atoms with Crippen molar-refractivity contribution < 1.29 is 28.2 Å². The Kier molecular flexibility index (Phi) is 13.7. The number of aryl methyl sites for hydroxylation is 2. The van der Waals surface area contributed by atoms with Gasteiger partial charge in [0, 0.05) is 44.8 Å². The lowest BCUT2D eigenvalue weighted by Gasteiger charge is -2.14. The van der Waals surface area contributed by atoms with Crippen molar-refractivity contribution in [2.75, 3.05) is 17.2 Å². The number of anilines is 4. The van der Waals surface area contributed by atoms with E-state index in [1.165, 1.54) is 51.9 Å². The summed E-state index contributed by atoms with van der Waals surface area (Å²) in [5.41, 5.74) is 0.132. The summed E-state index contributed by atoms with van der Waals surface area (Å²) < 4.78 is 37.2. The highest BCUT2D eigenvalue weighted by Crippen LogP contribution is 2.25. The first-order valence-corrected chi connectivity index (χ1v) is 16.4. The first-order chi connectivity index (χ1) is 21.9.